The Balaban J connectivity index is 1.57. The lowest BCUT2D eigenvalue weighted by Crippen LogP contribution is -2.47. The van der Waals surface area contributed by atoms with Crippen LogP contribution in [0.2, 0.25) is 0 Å². The van der Waals surface area contributed by atoms with E-state index in [0.29, 0.717) is 0 Å². The fourth-order valence-corrected chi connectivity index (χ4v) is 3.35. The van der Waals surface area contributed by atoms with Crippen LogP contribution in [0.4, 0.5) is 17.5 Å². The molecule has 3 rings (SSSR count). The molecule has 2 aromatic rings. The van der Waals surface area contributed by atoms with E-state index in [1.54, 1.807) is 7.11 Å². The maximum absolute atomic E-state index is 5.25. The van der Waals surface area contributed by atoms with Gasteiger partial charge < -0.3 is 24.8 Å². The summed E-state index contributed by atoms with van der Waals surface area (Å²) in [5.41, 5.74) is 2.23. The van der Waals surface area contributed by atoms with Crippen molar-refractivity contribution in [3.8, 4) is 5.75 Å². The number of benzene rings is 1. The first-order valence-corrected chi connectivity index (χ1v) is 9.93. The number of hydrogen-bond donors (Lipinski definition) is 1. The zero-order valence-electron chi connectivity index (χ0n) is 17.5. The van der Waals surface area contributed by atoms with E-state index in [1.807, 2.05) is 25.1 Å². The minimum absolute atomic E-state index is 0.824. The monoisotopic (exact) mass is 384 g/mol. The highest BCUT2D eigenvalue weighted by molar-refractivity contribution is 5.51. The predicted octanol–water partition coefficient (Wildman–Crippen LogP) is 2.48. The van der Waals surface area contributed by atoms with Crippen LogP contribution in [0, 0.1) is 6.92 Å². The van der Waals surface area contributed by atoms with E-state index in [4.69, 9.17) is 9.72 Å². The summed E-state index contributed by atoms with van der Waals surface area (Å²) in [4.78, 5) is 16.3. The van der Waals surface area contributed by atoms with E-state index in [1.165, 1.54) is 5.69 Å². The minimum Gasteiger partial charge on any atom is -0.497 e. The molecule has 2 heterocycles. The number of piperazine rings is 1. The van der Waals surface area contributed by atoms with Gasteiger partial charge in [-0.25, -0.2) is 4.98 Å². The van der Waals surface area contributed by atoms with Gasteiger partial charge in [-0.3, -0.25) is 0 Å². The molecule has 0 spiro atoms. The molecule has 0 unspecified atom stereocenters. The highest BCUT2D eigenvalue weighted by Crippen LogP contribution is 2.22. The number of nitrogens with zero attached hydrogens (tertiary/aromatic N) is 5. The molecule has 1 aromatic carbocycles. The first-order chi connectivity index (χ1) is 13.5. The van der Waals surface area contributed by atoms with Gasteiger partial charge in [-0.15, -0.1) is 0 Å². The molecule has 1 aromatic heterocycles. The zero-order valence-corrected chi connectivity index (χ0v) is 17.5. The Morgan fingerprint density at radius 1 is 1.04 bits per heavy atom. The Labute approximate surface area is 168 Å². The molecule has 7 heteroatoms. The molecule has 1 fully saturated rings. The van der Waals surface area contributed by atoms with E-state index in [2.05, 4.69) is 51.2 Å². The van der Waals surface area contributed by atoms with Crippen molar-refractivity contribution in [3.63, 3.8) is 0 Å². The second-order valence-corrected chi connectivity index (χ2v) is 7.45. The van der Waals surface area contributed by atoms with Gasteiger partial charge in [0, 0.05) is 50.2 Å². The third-order valence-corrected chi connectivity index (χ3v) is 4.93. The van der Waals surface area contributed by atoms with Gasteiger partial charge in [0.05, 0.1) is 7.11 Å². The highest BCUT2D eigenvalue weighted by atomic mass is 16.5. The quantitative estimate of drug-likeness (QED) is 0.702. The summed E-state index contributed by atoms with van der Waals surface area (Å²) in [6.45, 7) is 7.75. The van der Waals surface area contributed by atoms with Crippen LogP contribution >= 0.6 is 0 Å². The Bertz CT molecular complexity index is 741. The van der Waals surface area contributed by atoms with Crippen LogP contribution in [-0.2, 0) is 0 Å². The Kier molecular flexibility index (Phi) is 6.92. The molecule has 7 nitrogen and oxygen atoms in total. The normalized spacial score (nSPS) is 14.5. The van der Waals surface area contributed by atoms with Gasteiger partial charge in [-0.2, -0.15) is 4.98 Å². The molecule has 0 amide bonds. The average Bonchev–Trinajstić information content (AvgIpc) is 2.71. The second-order valence-electron chi connectivity index (χ2n) is 7.45. The molecule has 152 valence electrons. The van der Waals surface area contributed by atoms with Gasteiger partial charge in [0.1, 0.15) is 11.6 Å². The van der Waals surface area contributed by atoms with Crippen LogP contribution in [0.1, 0.15) is 12.1 Å². The van der Waals surface area contributed by atoms with Crippen molar-refractivity contribution in [1.82, 2.24) is 14.9 Å². The zero-order chi connectivity index (χ0) is 19.9. The summed E-state index contributed by atoms with van der Waals surface area (Å²) < 4.78 is 5.25. The molecular weight excluding hydrogens is 352 g/mol. The Morgan fingerprint density at radius 3 is 2.36 bits per heavy atom. The summed E-state index contributed by atoms with van der Waals surface area (Å²) in [6.07, 6.45) is 1.09. The first-order valence-electron chi connectivity index (χ1n) is 9.93. The first kappa shape index (κ1) is 20.2. The summed E-state index contributed by atoms with van der Waals surface area (Å²) in [6, 6.07) is 10.3. The second kappa shape index (κ2) is 9.59. The fraction of sp³-hybridized carbons (Fsp3) is 0.524. The summed E-state index contributed by atoms with van der Waals surface area (Å²) in [5, 5.41) is 3.44. The number of anilines is 3. The van der Waals surface area contributed by atoms with Crippen LogP contribution < -0.4 is 19.9 Å². The maximum Gasteiger partial charge on any atom is 0.227 e. The van der Waals surface area contributed by atoms with Crippen LogP contribution in [-0.4, -0.2) is 75.3 Å². The number of hydrogen-bond acceptors (Lipinski definition) is 7. The molecule has 0 radical (unpaired) electrons. The minimum atomic E-state index is 0.824. The SMILES string of the molecule is COc1ccc(N2CCN(c3nc(C)cc(NCCCN(C)C)n3)CC2)cc1. The number of aromatic nitrogens is 2. The van der Waals surface area contributed by atoms with Crippen molar-refractivity contribution in [3.05, 3.63) is 36.0 Å². The highest BCUT2D eigenvalue weighted by Gasteiger charge is 2.20. The molecular formula is C21H32N6O. The smallest absolute Gasteiger partial charge is 0.227 e. The average molecular weight is 385 g/mol. The number of methoxy groups -OCH3 is 1. The molecule has 0 atom stereocenters. The van der Waals surface area contributed by atoms with E-state index in [0.717, 1.165) is 68.9 Å². The van der Waals surface area contributed by atoms with Crippen LogP contribution in [0.5, 0.6) is 5.75 Å². The van der Waals surface area contributed by atoms with Crippen molar-refractivity contribution in [2.45, 2.75) is 13.3 Å². The van der Waals surface area contributed by atoms with Crippen LogP contribution in [0.3, 0.4) is 0 Å². The molecule has 1 saturated heterocycles. The van der Waals surface area contributed by atoms with Crippen molar-refractivity contribution in [2.24, 2.45) is 0 Å². The molecule has 1 aliphatic heterocycles. The maximum atomic E-state index is 5.25. The molecule has 1 N–H and O–H groups in total. The van der Waals surface area contributed by atoms with Crippen molar-refractivity contribution < 1.29 is 4.74 Å². The van der Waals surface area contributed by atoms with Crippen LogP contribution in [0.15, 0.2) is 30.3 Å². The van der Waals surface area contributed by atoms with Gasteiger partial charge in [0.25, 0.3) is 0 Å². The summed E-state index contributed by atoms with van der Waals surface area (Å²) in [7, 11) is 5.89. The van der Waals surface area contributed by atoms with E-state index >= 15 is 0 Å². The fourth-order valence-electron chi connectivity index (χ4n) is 3.35. The molecule has 0 saturated carbocycles. The van der Waals surface area contributed by atoms with Crippen LogP contribution in [0.25, 0.3) is 0 Å². The van der Waals surface area contributed by atoms with Gasteiger partial charge in [0.15, 0.2) is 0 Å². The van der Waals surface area contributed by atoms with E-state index < -0.39 is 0 Å². The lowest BCUT2D eigenvalue weighted by atomic mass is 10.2. The number of nitrogens with one attached hydrogen (secondary N) is 1. The summed E-state index contributed by atoms with van der Waals surface area (Å²) in [5.74, 6) is 2.63. The molecule has 0 bridgehead atoms. The van der Waals surface area contributed by atoms with Gasteiger partial charge in [0.2, 0.25) is 5.95 Å². The van der Waals surface area contributed by atoms with Gasteiger partial charge in [-0.05, 0) is 58.3 Å². The topological polar surface area (TPSA) is 56.8 Å². The van der Waals surface area contributed by atoms with Gasteiger partial charge >= 0.3 is 0 Å². The van der Waals surface area contributed by atoms with Crippen molar-refractivity contribution in [1.29, 1.82) is 0 Å². The lowest BCUT2D eigenvalue weighted by Gasteiger charge is -2.36. The Hall–Kier alpha value is -2.54. The molecule has 1 aliphatic rings. The number of ether oxygens (including phenoxy) is 1. The van der Waals surface area contributed by atoms with Crippen molar-refractivity contribution in [2.75, 3.05) is 75.6 Å². The number of aryl methyl sites for hydroxylation is 1. The third kappa shape index (κ3) is 5.48. The third-order valence-electron chi connectivity index (χ3n) is 4.93. The predicted molar refractivity (Wildman–Crippen MR) is 116 cm³/mol. The largest absolute Gasteiger partial charge is 0.497 e. The lowest BCUT2D eigenvalue weighted by molar-refractivity contribution is 0.405. The van der Waals surface area contributed by atoms with E-state index in [9.17, 15) is 0 Å². The standard InChI is InChI=1S/C21H32N6O/c1-17-16-20(22-10-5-11-25(2)3)24-21(23-17)27-14-12-26(13-15-27)18-6-8-19(28-4)9-7-18/h6-9,16H,5,10-15H2,1-4H3,(H,22,23,24). The molecule has 0 aliphatic carbocycles. The summed E-state index contributed by atoms with van der Waals surface area (Å²) >= 11 is 0. The Morgan fingerprint density at radius 2 is 1.71 bits per heavy atom. The number of rotatable bonds is 8. The van der Waals surface area contributed by atoms with Gasteiger partial charge in [-0.1, -0.05) is 0 Å². The molecule has 28 heavy (non-hydrogen) atoms. The van der Waals surface area contributed by atoms with E-state index in [-0.39, 0.29) is 0 Å². The van der Waals surface area contributed by atoms with Crippen molar-refractivity contribution >= 4 is 17.5 Å².